The zero-order valence-electron chi connectivity index (χ0n) is 11.3. The summed E-state index contributed by atoms with van der Waals surface area (Å²) in [6.45, 7) is 4.24. The topological polar surface area (TPSA) is 91.3 Å². The van der Waals surface area contributed by atoms with Crippen LogP contribution >= 0.6 is 0 Å². The summed E-state index contributed by atoms with van der Waals surface area (Å²) in [4.78, 5) is 14.0. The number of benzene rings is 1. The van der Waals surface area contributed by atoms with Gasteiger partial charge in [0.15, 0.2) is 0 Å². The normalized spacial score (nSPS) is 10.3. The number of nitrogens with zero attached hydrogens (tertiary/aromatic N) is 2. The second kappa shape index (κ2) is 5.56. The van der Waals surface area contributed by atoms with Crippen molar-refractivity contribution in [1.82, 2.24) is 4.98 Å². The second-order valence-electron chi connectivity index (χ2n) is 4.50. The van der Waals surface area contributed by atoms with Crippen LogP contribution in [0.15, 0.2) is 30.3 Å². The van der Waals surface area contributed by atoms with Crippen molar-refractivity contribution < 1.29 is 9.66 Å². The first-order valence-corrected chi connectivity index (χ1v) is 6.07. The minimum Gasteiger partial charge on any atom is -0.487 e. The maximum Gasteiger partial charge on any atom is 0.311 e. The molecule has 1 aromatic heterocycles. The van der Waals surface area contributed by atoms with E-state index in [1.807, 2.05) is 32.0 Å². The molecule has 0 aliphatic carbocycles. The van der Waals surface area contributed by atoms with Crippen LogP contribution in [0.1, 0.15) is 16.8 Å². The highest BCUT2D eigenvalue weighted by Crippen LogP contribution is 2.20. The van der Waals surface area contributed by atoms with Crippen molar-refractivity contribution in [2.24, 2.45) is 0 Å². The Morgan fingerprint density at radius 1 is 1.25 bits per heavy atom. The minimum absolute atomic E-state index is 0.101. The van der Waals surface area contributed by atoms with Gasteiger partial charge in [0.2, 0.25) is 5.82 Å². The lowest BCUT2D eigenvalue weighted by atomic mass is 10.1. The standard InChI is InChI=1S/C14H15N3O3/c1-9-3-5-12(7-10(9)2)20-8-11-4-6-13(17(18)19)14(15)16-11/h3-7H,8H2,1-2H3,(H2,15,16). The fourth-order valence-corrected chi connectivity index (χ4v) is 1.71. The van der Waals surface area contributed by atoms with Crippen molar-refractivity contribution in [2.45, 2.75) is 20.5 Å². The fraction of sp³-hybridized carbons (Fsp3) is 0.214. The minimum atomic E-state index is -0.559. The van der Waals surface area contributed by atoms with Crippen LogP contribution in [0.25, 0.3) is 0 Å². The van der Waals surface area contributed by atoms with Crippen LogP contribution in [0, 0.1) is 24.0 Å². The molecule has 0 radical (unpaired) electrons. The van der Waals surface area contributed by atoms with Crippen molar-refractivity contribution in [3.8, 4) is 5.75 Å². The molecule has 0 atom stereocenters. The fourth-order valence-electron chi connectivity index (χ4n) is 1.71. The van der Waals surface area contributed by atoms with Gasteiger partial charge in [-0.05, 0) is 43.2 Å². The van der Waals surface area contributed by atoms with E-state index in [1.54, 1.807) is 0 Å². The molecule has 0 fully saturated rings. The molecule has 0 aliphatic heterocycles. The lowest BCUT2D eigenvalue weighted by molar-refractivity contribution is -0.384. The van der Waals surface area contributed by atoms with E-state index in [1.165, 1.54) is 17.7 Å². The maximum absolute atomic E-state index is 10.6. The third-order valence-corrected chi connectivity index (χ3v) is 3.02. The van der Waals surface area contributed by atoms with E-state index < -0.39 is 4.92 Å². The zero-order chi connectivity index (χ0) is 14.7. The number of nitro groups is 1. The van der Waals surface area contributed by atoms with Crippen LogP contribution in [-0.2, 0) is 6.61 Å². The predicted molar refractivity (Wildman–Crippen MR) is 75.6 cm³/mol. The Morgan fingerprint density at radius 2 is 2.00 bits per heavy atom. The van der Waals surface area contributed by atoms with Crippen molar-refractivity contribution in [3.05, 3.63) is 57.3 Å². The molecule has 0 bridgehead atoms. The lowest BCUT2D eigenvalue weighted by Gasteiger charge is -2.08. The molecule has 0 saturated carbocycles. The molecule has 104 valence electrons. The molecule has 2 aromatic rings. The summed E-state index contributed by atoms with van der Waals surface area (Å²) in [5.41, 5.74) is 8.21. The summed E-state index contributed by atoms with van der Waals surface area (Å²) in [6.07, 6.45) is 0. The van der Waals surface area contributed by atoms with Gasteiger partial charge in [0, 0.05) is 6.07 Å². The average Bonchev–Trinajstić information content (AvgIpc) is 2.40. The number of hydrogen-bond acceptors (Lipinski definition) is 5. The number of anilines is 1. The number of pyridine rings is 1. The zero-order valence-corrected chi connectivity index (χ0v) is 11.3. The number of nitrogen functional groups attached to an aromatic ring is 1. The van der Waals surface area contributed by atoms with Gasteiger partial charge in [-0.25, -0.2) is 4.98 Å². The number of rotatable bonds is 4. The Bertz CT molecular complexity index is 656. The molecular formula is C14H15N3O3. The molecule has 6 heteroatoms. The lowest BCUT2D eigenvalue weighted by Crippen LogP contribution is -2.04. The van der Waals surface area contributed by atoms with Crippen LogP contribution < -0.4 is 10.5 Å². The Morgan fingerprint density at radius 3 is 2.60 bits per heavy atom. The Balaban J connectivity index is 2.09. The van der Waals surface area contributed by atoms with E-state index in [0.29, 0.717) is 5.69 Å². The molecule has 0 spiro atoms. The smallest absolute Gasteiger partial charge is 0.311 e. The molecule has 1 heterocycles. The number of ether oxygens (including phenoxy) is 1. The van der Waals surface area contributed by atoms with Crippen LogP contribution in [0.3, 0.4) is 0 Å². The number of aryl methyl sites for hydroxylation is 2. The number of aromatic nitrogens is 1. The van der Waals surface area contributed by atoms with Gasteiger partial charge in [0.25, 0.3) is 0 Å². The first kappa shape index (κ1) is 13.8. The SMILES string of the molecule is Cc1ccc(OCc2ccc([N+](=O)[O-])c(N)n2)cc1C. The van der Waals surface area contributed by atoms with Crippen LogP contribution in [-0.4, -0.2) is 9.91 Å². The summed E-state index contributed by atoms with van der Waals surface area (Å²) in [5, 5.41) is 10.6. The first-order valence-electron chi connectivity index (χ1n) is 6.07. The maximum atomic E-state index is 10.6. The third kappa shape index (κ3) is 3.03. The van der Waals surface area contributed by atoms with Crippen molar-refractivity contribution >= 4 is 11.5 Å². The summed E-state index contributed by atoms with van der Waals surface area (Å²) < 4.78 is 5.60. The molecular weight excluding hydrogens is 258 g/mol. The van der Waals surface area contributed by atoms with Gasteiger partial charge in [-0.1, -0.05) is 6.07 Å². The summed E-state index contributed by atoms with van der Waals surface area (Å²) >= 11 is 0. The van der Waals surface area contributed by atoms with Gasteiger partial charge in [-0.15, -0.1) is 0 Å². The molecule has 20 heavy (non-hydrogen) atoms. The number of hydrogen-bond donors (Lipinski definition) is 1. The Labute approximate surface area is 116 Å². The van der Waals surface area contributed by atoms with Crippen molar-refractivity contribution in [2.75, 3.05) is 5.73 Å². The molecule has 0 amide bonds. The van der Waals surface area contributed by atoms with Crippen molar-refractivity contribution in [3.63, 3.8) is 0 Å². The van der Waals surface area contributed by atoms with Crippen LogP contribution in [0.4, 0.5) is 11.5 Å². The van der Waals surface area contributed by atoms with E-state index in [9.17, 15) is 10.1 Å². The van der Waals surface area contributed by atoms with Gasteiger partial charge in [0.1, 0.15) is 12.4 Å². The van der Waals surface area contributed by atoms with E-state index >= 15 is 0 Å². The van der Waals surface area contributed by atoms with E-state index in [-0.39, 0.29) is 18.1 Å². The Kier molecular flexibility index (Phi) is 3.84. The molecule has 0 aliphatic rings. The molecule has 0 saturated heterocycles. The molecule has 2 N–H and O–H groups in total. The highest BCUT2D eigenvalue weighted by molar-refractivity contribution is 5.52. The van der Waals surface area contributed by atoms with E-state index in [0.717, 1.165) is 11.3 Å². The van der Waals surface area contributed by atoms with Crippen molar-refractivity contribution in [1.29, 1.82) is 0 Å². The first-order chi connectivity index (χ1) is 9.47. The quantitative estimate of drug-likeness (QED) is 0.683. The van der Waals surface area contributed by atoms with Gasteiger partial charge in [-0.2, -0.15) is 0 Å². The highest BCUT2D eigenvalue weighted by Gasteiger charge is 2.12. The van der Waals surface area contributed by atoms with Crippen LogP contribution in [0.2, 0.25) is 0 Å². The van der Waals surface area contributed by atoms with Gasteiger partial charge in [-0.3, -0.25) is 10.1 Å². The van der Waals surface area contributed by atoms with Gasteiger partial charge < -0.3 is 10.5 Å². The van der Waals surface area contributed by atoms with Crippen LogP contribution in [0.5, 0.6) is 5.75 Å². The van der Waals surface area contributed by atoms with Gasteiger partial charge >= 0.3 is 5.69 Å². The van der Waals surface area contributed by atoms with Gasteiger partial charge in [0.05, 0.1) is 10.6 Å². The molecule has 1 aromatic carbocycles. The second-order valence-corrected chi connectivity index (χ2v) is 4.50. The Hall–Kier alpha value is -2.63. The highest BCUT2D eigenvalue weighted by atomic mass is 16.6. The molecule has 0 unspecified atom stereocenters. The van der Waals surface area contributed by atoms with E-state index in [2.05, 4.69) is 4.98 Å². The number of nitrogens with two attached hydrogens (primary N) is 1. The average molecular weight is 273 g/mol. The third-order valence-electron chi connectivity index (χ3n) is 3.02. The predicted octanol–water partition coefficient (Wildman–Crippen LogP) is 2.77. The summed E-state index contributed by atoms with van der Waals surface area (Å²) in [7, 11) is 0. The summed E-state index contributed by atoms with van der Waals surface area (Å²) in [5.74, 6) is 0.628. The van der Waals surface area contributed by atoms with E-state index in [4.69, 9.17) is 10.5 Å². The monoisotopic (exact) mass is 273 g/mol. The molecule has 2 rings (SSSR count). The molecule has 6 nitrogen and oxygen atoms in total. The largest absolute Gasteiger partial charge is 0.487 e. The summed E-state index contributed by atoms with van der Waals surface area (Å²) in [6, 6.07) is 8.65.